The van der Waals surface area contributed by atoms with Crippen LogP contribution in [-0.4, -0.2) is 88.1 Å². The molecule has 5 fully saturated rings. The number of hydrogen-bond acceptors (Lipinski definition) is 4. The van der Waals surface area contributed by atoms with Gasteiger partial charge in [-0.2, -0.15) is 0 Å². The van der Waals surface area contributed by atoms with E-state index in [0.29, 0.717) is 30.6 Å². The van der Waals surface area contributed by atoms with Crippen molar-refractivity contribution in [2.75, 3.05) is 13.1 Å². The molecule has 0 spiro atoms. The lowest BCUT2D eigenvalue weighted by Gasteiger charge is -2.48. The molecule has 3 amide bonds. The maximum atomic E-state index is 14.5. The minimum atomic E-state index is -0.236. The van der Waals surface area contributed by atoms with E-state index in [4.69, 9.17) is 11.6 Å². The molecule has 5 atom stereocenters. The molecule has 7 nitrogen and oxygen atoms in total. The molecular formula is C34H52ClN5O2. The number of carbonyl (C=O) groups is 2. The number of urea groups is 1. The summed E-state index contributed by atoms with van der Waals surface area (Å²) in [6.45, 7) is 5.68. The second-order valence-electron chi connectivity index (χ2n) is 13.8. The lowest BCUT2D eigenvalue weighted by Crippen LogP contribution is -2.62. The first kappa shape index (κ1) is 30.2. The molecule has 5 aliphatic rings. The van der Waals surface area contributed by atoms with Gasteiger partial charge < -0.3 is 25.3 Å². The monoisotopic (exact) mass is 597 g/mol. The van der Waals surface area contributed by atoms with Crippen LogP contribution >= 0.6 is 11.6 Å². The van der Waals surface area contributed by atoms with Crippen LogP contribution in [0.2, 0.25) is 5.02 Å². The first-order chi connectivity index (χ1) is 20.4. The second-order valence-corrected chi connectivity index (χ2v) is 14.2. The lowest BCUT2D eigenvalue weighted by molar-refractivity contribution is -0.139. The summed E-state index contributed by atoms with van der Waals surface area (Å²) in [5, 5.41) is 8.36. The van der Waals surface area contributed by atoms with Crippen LogP contribution in [0.1, 0.15) is 103 Å². The molecule has 42 heavy (non-hydrogen) atoms. The molecule has 0 radical (unpaired) electrons. The first-order valence-electron chi connectivity index (χ1n) is 17.1. The van der Waals surface area contributed by atoms with Crippen LogP contribution < -0.4 is 10.6 Å². The number of amides is 3. The van der Waals surface area contributed by atoms with Gasteiger partial charge in [0.25, 0.3) is 0 Å². The quantitative estimate of drug-likeness (QED) is 0.381. The van der Waals surface area contributed by atoms with E-state index >= 15 is 0 Å². The largest absolute Gasteiger partial charge is 0.335 e. The van der Waals surface area contributed by atoms with Crippen LogP contribution in [0.15, 0.2) is 24.3 Å². The van der Waals surface area contributed by atoms with Crippen LogP contribution in [0.3, 0.4) is 0 Å². The molecule has 0 aromatic heterocycles. The van der Waals surface area contributed by atoms with Gasteiger partial charge in [-0.15, -0.1) is 0 Å². The number of fused-ring (bicyclic) bond motifs is 4. The molecule has 4 unspecified atom stereocenters. The van der Waals surface area contributed by atoms with Crippen molar-refractivity contribution in [1.29, 1.82) is 0 Å². The maximum absolute atomic E-state index is 14.5. The highest BCUT2D eigenvalue weighted by molar-refractivity contribution is 6.30. The van der Waals surface area contributed by atoms with Gasteiger partial charge in [0.05, 0.1) is 6.04 Å². The fraction of sp³-hybridized carbons (Fsp3) is 0.765. The van der Waals surface area contributed by atoms with Crippen molar-refractivity contribution < 1.29 is 9.59 Å². The standard InChI is InChI=1S/C34H52ClN5O2/c1-3-38(4-2)34(42)40(28-8-6-5-7-9-28)31-21-29-16-17-30(22-31)39(29)33(41)32(18-23-10-12-24(35)13-11-23)37-27-19-25-14-15-26(20-27)36-25/h10-13,25-32,36-37H,3-9,14-22H2,1-2H3/t25?,26?,27?,29?,30?,31?,32-/m1/s1. The van der Waals surface area contributed by atoms with Crippen molar-refractivity contribution in [3.8, 4) is 0 Å². The molecule has 8 heteroatoms. The number of rotatable bonds is 9. The van der Waals surface area contributed by atoms with E-state index in [1.165, 1.54) is 32.1 Å². The van der Waals surface area contributed by atoms with Gasteiger partial charge in [-0.3, -0.25) is 4.79 Å². The Balaban J connectivity index is 1.20. The summed E-state index contributed by atoms with van der Waals surface area (Å²) >= 11 is 6.20. The van der Waals surface area contributed by atoms with E-state index in [1.807, 2.05) is 17.0 Å². The van der Waals surface area contributed by atoms with Gasteiger partial charge in [-0.05, 0) is 102 Å². The Morgan fingerprint density at radius 3 is 2.10 bits per heavy atom. The number of piperidine rings is 2. The van der Waals surface area contributed by atoms with Crippen LogP contribution in [0, 0.1) is 0 Å². The molecule has 2 N–H and O–H groups in total. The summed E-state index contributed by atoms with van der Waals surface area (Å²) in [4.78, 5) is 35.0. The van der Waals surface area contributed by atoms with Crippen LogP contribution in [0.5, 0.6) is 0 Å². The molecule has 232 valence electrons. The van der Waals surface area contributed by atoms with E-state index in [0.717, 1.165) is 75.0 Å². The average molecular weight is 598 g/mol. The third-order valence-electron chi connectivity index (χ3n) is 11.1. The summed E-state index contributed by atoms with van der Waals surface area (Å²) in [6, 6.07) is 10.5. The van der Waals surface area contributed by atoms with E-state index in [2.05, 4.69) is 46.4 Å². The summed E-state index contributed by atoms with van der Waals surface area (Å²) in [5.41, 5.74) is 1.15. The zero-order valence-corrected chi connectivity index (χ0v) is 26.5. The van der Waals surface area contributed by atoms with E-state index in [9.17, 15) is 9.59 Å². The molecule has 4 bridgehead atoms. The van der Waals surface area contributed by atoms with Gasteiger partial charge in [-0.25, -0.2) is 4.79 Å². The van der Waals surface area contributed by atoms with Gasteiger partial charge >= 0.3 is 6.03 Å². The van der Waals surface area contributed by atoms with Crippen molar-refractivity contribution in [2.45, 2.75) is 152 Å². The molecule has 4 heterocycles. The Kier molecular flexibility index (Phi) is 9.66. The highest BCUT2D eigenvalue weighted by Crippen LogP contribution is 2.40. The molecule has 1 saturated carbocycles. The molecule has 1 aromatic rings. The SMILES string of the molecule is CCN(CC)C(=O)N(C1CCCCC1)C1CC2CCC(C1)N2C(=O)[C@@H](Cc1ccc(Cl)cc1)NC1CC2CCC(C1)N2. The Bertz CT molecular complexity index is 1050. The molecular weight excluding hydrogens is 546 g/mol. The summed E-state index contributed by atoms with van der Waals surface area (Å²) < 4.78 is 0. The Labute approximate surface area is 258 Å². The second kappa shape index (κ2) is 13.4. The number of hydrogen-bond donors (Lipinski definition) is 2. The van der Waals surface area contributed by atoms with Gasteiger partial charge in [0.2, 0.25) is 5.91 Å². The van der Waals surface area contributed by atoms with Crippen LogP contribution in [0.4, 0.5) is 4.79 Å². The highest BCUT2D eigenvalue weighted by Gasteiger charge is 2.48. The van der Waals surface area contributed by atoms with E-state index in [-0.39, 0.29) is 36.1 Å². The van der Waals surface area contributed by atoms with Crippen LogP contribution in [-0.2, 0) is 11.2 Å². The number of nitrogens with one attached hydrogen (secondary N) is 2. The Hall–Kier alpha value is -1.83. The average Bonchev–Trinajstić information content (AvgIpc) is 3.48. The zero-order chi connectivity index (χ0) is 29.2. The molecule has 1 aromatic carbocycles. The van der Waals surface area contributed by atoms with Gasteiger partial charge in [0, 0.05) is 60.4 Å². The fourth-order valence-electron chi connectivity index (χ4n) is 9.09. The smallest absolute Gasteiger partial charge is 0.320 e. The summed E-state index contributed by atoms with van der Waals surface area (Å²) in [5.74, 6) is 0.265. The number of halogens is 1. The normalized spacial score (nSPS) is 31.6. The number of nitrogens with zero attached hydrogens (tertiary/aromatic N) is 3. The van der Waals surface area contributed by atoms with Gasteiger partial charge in [-0.1, -0.05) is 43.0 Å². The number of carbonyl (C=O) groups excluding carboxylic acids is 2. The van der Waals surface area contributed by atoms with Gasteiger partial charge in [0.1, 0.15) is 0 Å². The Morgan fingerprint density at radius 1 is 0.881 bits per heavy atom. The zero-order valence-electron chi connectivity index (χ0n) is 25.8. The molecule has 4 saturated heterocycles. The summed E-state index contributed by atoms with van der Waals surface area (Å²) in [6.07, 6.45) is 15.3. The first-order valence-corrected chi connectivity index (χ1v) is 17.5. The molecule has 1 aliphatic carbocycles. The third-order valence-corrected chi connectivity index (χ3v) is 11.4. The van der Waals surface area contributed by atoms with E-state index < -0.39 is 0 Å². The highest BCUT2D eigenvalue weighted by atomic mass is 35.5. The maximum Gasteiger partial charge on any atom is 0.320 e. The molecule has 4 aliphatic heterocycles. The topological polar surface area (TPSA) is 67.9 Å². The Morgan fingerprint density at radius 2 is 1.50 bits per heavy atom. The van der Waals surface area contributed by atoms with Crippen molar-refractivity contribution in [3.63, 3.8) is 0 Å². The molecule has 6 rings (SSSR count). The van der Waals surface area contributed by atoms with Gasteiger partial charge in [0.15, 0.2) is 0 Å². The van der Waals surface area contributed by atoms with Crippen molar-refractivity contribution in [1.82, 2.24) is 25.3 Å². The fourth-order valence-corrected chi connectivity index (χ4v) is 9.22. The minimum absolute atomic E-state index is 0.218. The third kappa shape index (κ3) is 6.49. The number of benzene rings is 1. The predicted molar refractivity (Wildman–Crippen MR) is 169 cm³/mol. The van der Waals surface area contributed by atoms with E-state index in [1.54, 1.807) is 0 Å². The van der Waals surface area contributed by atoms with Crippen molar-refractivity contribution >= 4 is 23.5 Å². The lowest BCUT2D eigenvalue weighted by atomic mass is 9.89. The summed E-state index contributed by atoms with van der Waals surface area (Å²) in [7, 11) is 0. The predicted octanol–water partition coefficient (Wildman–Crippen LogP) is 5.74. The van der Waals surface area contributed by atoms with Crippen molar-refractivity contribution in [2.24, 2.45) is 0 Å². The van der Waals surface area contributed by atoms with Crippen LogP contribution in [0.25, 0.3) is 0 Å². The van der Waals surface area contributed by atoms with Crippen molar-refractivity contribution in [3.05, 3.63) is 34.9 Å². The minimum Gasteiger partial charge on any atom is -0.335 e.